The quantitative estimate of drug-likeness (QED) is 0.213. The van der Waals surface area contributed by atoms with Crippen molar-refractivity contribution in [2.75, 3.05) is 6.61 Å². The molecule has 4 aromatic carbocycles. The molecule has 0 amide bonds. The summed E-state index contributed by atoms with van der Waals surface area (Å²) >= 11 is 6.26. The Morgan fingerprint density at radius 3 is 2.60 bits per heavy atom. The van der Waals surface area contributed by atoms with Gasteiger partial charge < -0.3 is 25.1 Å². The van der Waals surface area contributed by atoms with Crippen molar-refractivity contribution in [3.8, 4) is 22.6 Å². The summed E-state index contributed by atoms with van der Waals surface area (Å²) in [5.41, 5.74) is 12.8. The molecule has 0 spiro atoms. The first-order valence-electron chi connectivity index (χ1n) is 13.3. The Kier molecular flexibility index (Phi) is 8.70. The largest absolute Gasteiger partial charge is 0.493 e. The molecule has 0 saturated carbocycles. The first kappa shape index (κ1) is 27.7. The fourth-order valence-corrected chi connectivity index (χ4v) is 5.10. The molecule has 0 aromatic heterocycles. The van der Waals surface area contributed by atoms with Crippen molar-refractivity contribution in [1.29, 1.82) is 0 Å². The molecule has 1 heterocycles. The van der Waals surface area contributed by atoms with Crippen LogP contribution in [0.2, 0.25) is 5.02 Å². The van der Waals surface area contributed by atoms with Crippen LogP contribution in [0.1, 0.15) is 53.3 Å². The lowest BCUT2D eigenvalue weighted by molar-refractivity contribution is -0.136. The first-order chi connectivity index (χ1) is 19.4. The van der Waals surface area contributed by atoms with Crippen LogP contribution in [0.4, 0.5) is 0 Å². The van der Waals surface area contributed by atoms with Crippen LogP contribution in [0.3, 0.4) is 0 Å². The topological polar surface area (TPSA) is 91.0 Å². The van der Waals surface area contributed by atoms with Gasteiger partial charge in [-0.2, -0.15) is 0 Å². The summed E-state index contributed by atoms with van der Waals surface area (Å²) in [5.74, 6) is 0.460. The molecule has 5 rings (SSSR count). The molecule has 40 heavy (non-hydrogen) atoms. The van der Waals surface area contributed by atoms with Crippen LogP contribution in [0.15, 0.2) is 84.9 Å². The molecule has 0 aliphatic carbocycles. The Labute approximate surface area is 239 Å². The standard InChI is InChI=1S/C33H32ClNO5/c1-21(35)24-6-4-7-25(16-24)27-14-22(19-39-30-8-3-2-5-26(30)17-33(36)37)13-23(15-27)20-40-32-11-12-38-31-10-9-28(34)18-29(31)32/h2-10,13-16,18,21,32H,11-12,17,19-20,35H2,1H3,(H,36,37)/t21-,32?/m1/s1. The van der Waals surface area contributed by atoms with Gasteiger partial charge in [-0.15, -0.1) is 0 Å². The van der Waals surface area contributed by atoms with E-state index >= 15 is 0 Å². The van der Waals surface area contributed by atoms with E-state index in [4.69, 9.17) is 31.5 Å². The van der Waals surface area contributed by atoms with Crippen molar-refractivity contribution in [3.05, 3.63) is 118 Å². The molecule has 0 bridgehead atoms. The van der Waals surface area contributed by atoms with E-state index in [-0.39, 0.29) is 25.2 Å². The minimum absolute atomic E-state index is 0.0829. The number of ether oxygens (including phenoxy) is 3. The summed E-state index contributed by atoms with van der Waals surface area (Å²) in [6.45, 7) is 3.22. The maximum atomic E-state index is 11.3. The van der Waals surface area contributed by atoms with Crippen LogP contribution in [-0.4, -0.2) is 17.7 Å². The maximum absolute atomic E-state index is 11.3. The molecule has 4 aromatic rings. The number of para-hydroxylation sites is 1. The molecule has 1 aliphatic rings. The molecule has 3 N–H and O–H groups in total. The van der Waals surface area contributed by atoms with Gasteiger partial charge in [-0.25, -0.2) is 0 Å². The van der Waals surface area contributed by atoms with E-state index < -0.39 is 5.97 Å². The summed E-state index contributed by atoms with van der Waals surface area (Å²) in [4.78, 5) is 11.3. The van der Waals surface area contributed by atoms with E-state index in [1.807, 2.05) is 49.4 Å². The molecule has 6 nitrogen and oxygen atoms in total. The molecule has 0 fully saturated rings. The van der Waals surface area contributed by atoms with Crippen LogP contribution < -0.4 is 15.2 Å². The van der Waals surface area contributed by atoms with E-state index in [1.54, 1.807) is 12.1 Å². The van der Waals surface area contributed by atoms with Crippen LogP contribution >= 0.6 is 11.6 Å². The Hall–Kier alpha value is -3.84. The number of benzene rings is 4. The van der Waals surface area contributed by atoms with E-state index in [1.165, 1.54) is 0 Å². The van der Waals surface area contributed by atoms with Gasteiger partial charge in [0.1, 0.15) is 18.1 Å². The van der Waals surface area contributed by atoms with Gasteiger partial charge >= 0.3 is 5.97 Å². The minimum Gasteiger partial charge on any atom is -0.493 e. The normalized spacial score (nSPS) is 15.1. The first-order valence-corrected chi connectivity index (χ1v) is 13.7. The van der Waals surface area contributed by atoms with Crippen molar-refractivity contribution in [3.63, 3.8) is 0 Å². The molecule has 206 valence electrons. The van der Waals surface area contributed by atoms with Gasteiger partial charge in [-0.1, -0.05) is 54.1 Å². The average Bonchev–Trinajstić information content (AvgIpc) is 2.95. The lowest BCUT2D eigenvalue weighted by Crippen LogP contribution is -2.16. The second-order valence-corrected chi connectivity index (χ2v) is 10.5. The minimum atomic E-state index is -0.900. The van der Waals surface area contributed by atoms with Crippen LogP contribution in [0.5, 0.6) is 11.5 Å². The molecule has 0 radical (unpaired) electrons. The molecular formula is C33H32ClNO5. The number of hydrogen-bond donors (Lipinski definition) is 2. The van der Waals surface area contributed by atoms with Crippen molar-refractivity contribution in [2.24, 2.45) is 5.73 Å². The SMILES string of the molecule is C[C@@H](N)c1cccc(-c2cc(COc3ccccc3CC(=O)O)cc(COC3CCOc4ccc(Cl)cc43)c2)c1. The number of carboxylic acid groups (broad SMARTS) is 1. The molecule has 7 heteroatoms. The molecule has 1 aliphatic heterocycles. The van der Waals surface area contributed by atoms with Crippen LogP contribution in [0.25, 0.3) is 11.1 Å². The summed E-state index contributed by atoms with van der Waals surface area (Å²) in [6.07, 6.45) is 0.505. The van der Waals surface area contributed by atoms with E-state index in [0.29, 0.717) is 29.5 Å². The number of carboxylic acids is 1. The van der Waals surface area contributed by atoms with Crippen LogP contribution in [0, 0.1) is 0 Å². The highest BCUT2D eigenvalue weighted by molar-refractivity contribution is 6.30. The van der Waals surface area contributed by atoms with Crippen molar-refractivity contribution in [2.45, 2.75) is 45.1 Å². The van der Waals surface area contributed by atoms with Crippen molar-refractivity contribution >= 4 is 17.6 Å². The van der Waals surface area contributed by atoms with Gasteiger partial charge in [0.15, 0.2) is 0 Å². The number of nitrogens with two attached hydrogens (primary N) is 1. The van der Waals surface area contributed by atoms with E-state index in [2.05, 4.69) is 30.3 Å². The van der Waals surface area contributed by atoms with Gasteiger partial charge in [-0.3, -0.25) is 4.79 Å². The monoisotopic (exact) mass is 557 g/mol. The number of hydrogen-bond acceptors (Lipinski definition) is 5. The maximum Gasteiger partial charge on any atom is 0.307 e. The van der Waals surface area contributed by atoms with Crippen molar-refractivity contribution < 1.29 is 24.1 Å². The third-order valence-corrected chi connectivity index (χ3v) is 7.15. The van der Waals surface area contributed by atoms with E-state index in [0.717, 1.165) is 45.6 Å². The Morgan fingerprint density at radius 1 is 1.00 bits per heavy atom. The summed E-state index contributed by atoms with van der Waals surface area (Å²) in [5, 5.41) is 9.94. The Bertz CT molecular complexity index is 1500. The van der Waals surface area contributed by atoms with E-state index in [9.17, 15) is 9.90 Å². The van der Waals surface area contributed by atoms with Gasteiger partial charge in [0, 0.05) is 28.6 Å². The molecule has 2 atom stereocenters. The predicted molar refractivity (Wildman–Crippen MR) is 156 cm³/mol. The summed E-state index contributed by atoms with van der Waals surface area (Å²) in [6, 6.07) is 27.3. The lowest BCUT2D eigenvalue weighted by Gasteiger charge is -2.26. The lowest BCUT2D eigenvalue weighted by atomic mass is 9.97. The third-order valence-electron chi connectivity index (χ3n) is 6.91. The zero-order chi connectivity index (χ0) is 28.1. The highest BCUT2D eigenvalue weighted by atomic mass is 35.5. The fraction of sp³-hybridized carbons (Fsp3) is 0.242. The number of halogens is 1. The summed E-state index contributed by atoms with van der Waals surface area (Å²) < 4.78 is 18.3. The van der Waals surface area contributed by atoms with Crippen molar-refractivity contribution in [1.82, 2.24) is 0 Å². The zero-order valence-electron chi connectivity index (χ0n) is 22.3. The number of rotatable bonds is 10. The van der Waals surface area contributed by atoms with Gasteiger partial charge in [-0.05, 0) is 77.2 Å². The number of aliphatic carboxylic acids is 1. The zero-order valence-corrected chi connectivity index (χ0v) is 23.1. The molecule has 0 saturated heterocycles. The fourth-order valence-electron chi connectivity index (χ4n) is 4.92. The Morgan fingerprint density at radius 2 is 1.80 bits per heavy atom. The second kappa shape index (κ2) is 12.6. The average molecular weight is 558 g/mol. The van der Waals surface area contributed by atoms with Crippen LogP contribution in [-0.2, 0) is 29.2 Å². The summed E-state index contributed by atoms with van der Waals surface area (Å²) in [7, 11) is 0. The molecule has 1 unspecified atom stereocenters. The molecular weight excluding hydrogens is 526 g/mol. The highest BCUT2D eigenvalue weighted by Crippen LogP contribution is 2.37. The second-order valence-electron chi connectivity index (χ2n) is 10.0. The Balaban J connectivity index is 1.42. The number of fused-ring (bicyclic) bond motifs is 1. The van der Waals surface area contributed by atoms with Gasteiger partial charge in [0.25, 0.3) is 0 Å². The highest BCUT2D eigenvalue weighted by Gasteiger charge is 2.23. The predicted octanol–water partition coefficient (Wildman–Crippen LogP) is 7.27. The number of carbonyl (C=O) groups is 1. The third kappa shape index (κ3) is 6.83. The van der Waals surface area contributed by atoms with Gasteiger partial charge in [0.2, 0.25) is 0 Å². The van der Waals surface area contributed by atoms with Gasteiger partial charge in [0.05, 0.1) is 25.7 Å². The smallest absolute Gasteiger partial charge is 0.307 e.